The minimum atomic E-state index is -4.35. The number of fused-ring (bicyclic) bond motifs is 1. The van der Waals surface area contributed by atoms with E-state index in [9.17, 15) is 13.2 Å². The summed E-state index contributed by atoms with van der Waals surface area (Å²) in [5.41, 5.74) is 1.52. The van der Waals surface area contributed by atoms with E-state index in [0.29, 0.717) is 10.7 Å². The highest BCUT2D eigenvalue weighted by Gasteiger charge is 2.28. The molecule has 0 saturated carbocycles. The number of benzene rings is 1. The van der Waals surface area contributed by atoms with Crippen molar-refractivity contribution in [2.45, 2.75) is 25.9 Å². The van der Waals surface area contributed by atoms with Crippen LogP contribution in [-0.2, 0) is 6.42 Å². The smallest absolute Gasteiger partial charge is 0.422 e. The Bertz CT molecular complexity index is 613. The number of aromatic nitrogens is 1. The van der Waals surface area contributed by atoms with Crippen molar-refractivity contribution in [2.24, 2.45) is 0 Å². The Morgan fingerprint density at radius 3 is 2.65 bits per heavy atom. The van der Waals surface area contributed by atoms with Crippen LogP contribution in [0, 0.1) is 0 Å². The first kappa shape index (κ1) is 14.9. The molecular formula is C14H13ClF3NO. The predicted molar refractivity (Wildman–Crippen MR) is 72.3 cm³/mol. The topological polar surface area (TPSA) is 22.1 Å². The summed E-state index contributed by atoms with van der Waals surface area (Å²) in [6.45, 7) is 0.713. The van der Waals surface area contributed by atoms with Crippen LogP contribution < -0.4 is 4.74 Å². The van der Waals surface area contributed by atoms with Crippen molar-refractivity contribution in [3.05, 3.63) is 35.0 Å². The number of ether oxygens (including phenoxy) is 1. The molecule has 0 fully saturated rings. The van der Waals surface area contributed by atoms with Crippen molar-refractivity contribution in [3.63, 3.8) is 0 Å². The molecule has 2 aromatic rings. The zero-order valence-corrected chi connectivity index (χ0v) is 11.6. The summed E-state index contributed by atoms with van der Waals surface area (Å²) >= 11 is 6.05. The van der Waals surface area contributed by atoms with E-state index in [1.165, 1.54) is 6.07 Å². The van der Waals surface area contributed by atoms with Gasteiger partial charge < -0.3 is 4.74 Å². The molecule has 0 aliphatic heterocycles. The third-order valence-corrected chi connectivity index (χ3v) is 3.06. The Hall–Kier alpha value is -1.49. The fraction of sp³-hybridized carbons (Fsp3) is 0.357. The molecule has 1 heterocycles. The third kappa shape index (κ3) is 3.76. The van der Waals surface area contributed by atoms with E-state index >= 15 is 0 Å². The maximum absolute atomic E-state index is 12.1. The number of hydrogen-bond donors (Lipinski definition) is 0. The van der Waals surface area contributed by atoms with Gasteiger partial charge in [0.1, 0.15) is 10.9 Å². The molecule has 0 aliphatic carbocycles. The quantitative estimate of drug-likeness (QED) is 0.758. The summed E-state index contributed by atoms with van der Waals surface area (Å²) in [7, 11) is 0. The molecule has 0 spiro atoms. The fourth-order valence-corrected chi connectivity index (χ4v) is 2.11. The van der Waals surface area contributed by atoms with Crippen LogP contribution in [0.1, 0.15) is 18.9 Å². The lowest BCUT2D eigenvalue weighted by Gasteiger charge is -2.10. The van der Waals surface area contributed by atoms with Crippen LogP contribution in [0.3, 0.4) is 0 Å². The molecule has 0 atom stereocenters. The molecule has 1 aromatic heterocycles. The lowest BCUT2D eigenvalue weighted by atomic mass is 10.1. The number of nitrogens with zero attached hydrogens (tertiary/aromatic N) is 1. The van der Waals surface area contributed by atoms with E-state index < -0.39 is 12.8 Å². The van der Waals surface area contributed by atoms with Crippen LogP contribution in [-0.4, -0.2) is 17.8 Å². The van der Waals surface area contributed by atoms with Crippen molar-refractivity contribution in [1.29, 1.82) is 0 Å². The van der Waals surface area contributed by atoms with Gasteiger partial charge in [0.05, 0.1) is 5.52 Å². The second-order valence-electron chi connectivity index (χ2n) is 4.45. The van der Waals surface area contributed by atoms with Crippen molar-refractivity contribution in [2.75, 3.05) is 6.61 Å². The maximum Gasteiger partial charge on any atom is 0.422 e. The Labute approximate surface area is 119 Å². The molecule has 0 saturated heterocycles. The first-order valence-corrected chi connectivity index (χ1v) is 6.55. The number of pyridine rings is 1. The summed E-state index contributed by atoms with van der Waals surface area (Å²) in [5.74, 6) is 0.168. The van der Waals surface area contributed by atoms with Gasteiger partial charge in [0.25, 0.3) is 0 Å². The number of aryl methyl sites for hydroxylation is 1. The van der Waals surface area contributed by atoms with Crippen LogP contribution in [0.4, 0.5) is 13.2 Å². The molecule has 108 valence electrons. The lowest BCUT2D eigenvalue weighted by Crippen LogP contribution is -2.19. The Morgan fingerprint density at radius 1 is 1.25 bits per heavy atom. The average Bonchev–Trinajstić information content (AvgIpc) is 2.37. The fourth-order valence-electron chi connectivity index (χ4n) is 1.87. The highest BCUT2D eigenvalue weighted by atomic mass is 35.5. The van der Waals surface area contributed by atoms with Crippen LogP contribution in [0.2, 0.25) is 5.15 Å². The predicted octanol–water partition coefficient (Wildman–Crippen LogP) is 4.78. The molecule has 2 rings (SSSR count). The molecular weight excluding hydrogens is 291 g/mol. The molecule has 6 heteroatoms. The van der Waals surface area contributed by atoms with Gasteiger partial charge >= 0.3 is 6.18 Å². The molecule has 0 radical (unpaired) electrons. The molecule has 0 unspecified atom stereocenters. The number of hydrogen-bond acceptors (Lipinski definition) is 2. The summed E-state index contributed by atoms with van der Waals surface area (Å²) < 4.78 is 41.1. The van der Waals surface area contributed by atoms with Gasteiger partial charge in [0.15, 0.2) is 6.61 Å². The molecule has 20 heavy (non-hydrogen) atoms. The monoisotopic (exact) mass is 303 g/mol. The average molecular weight is 304 g/mol. The van der Waals surface area contributed by atoms with Crippen molar-refractivity contribution in [1.82, 2.24) is 4.98 Å². The standard InChI is InChI=1S/C14H13ClF3NO/c1-2-3-9-6-10-7-11(20-8-14(16,17)18)4-5-12(10)19-13(9)15/h4-7H,2-3,8H2,1H3. The molecule has 0 aliphatic rings. The van der Waals surface area contributed by atoms with E-state index in [1.807, 2.05) is 13.0 Å². The van der Waals surface area contributed by atoms with Gasteiger partial charge in [0.2, 0.25) is 0 Å². The SMILES string of the molecule is CCCc1cc2cc(OCC(F)(F)F)ccc2nc1Cl. The maximum atomic E-state index is 12.1. The van der Waals surface area contributed by atoms with E-state index in [0.717, 1.165) is 23.8 Å². The molecule has 0 bridgehead atoms. The Balaban J connectivity index is 2.30. The minimum Gasteiger partial charge on any atom is -0.484 e. The summed E-state index contributed by atoms with van der Waals surface area (Å²) in [4.78, 5) is 4.23. The van der Waals surface area contributed by atoms with Gasteiger partial charge in [-0.25, -0.2) is 4.98 Å². The number of halogens is 4. The third-order valence-electron chi connectivity index (χ3n) is 2.73. The van der Waals surface area contributed by atoms with Crippen LogP contribution in [0.15, 0.2) is 24.3 Å². The van der Waals surface area contributed by atoms with Gasteiger partial charge in [-0.15, -0.1) is 0 Å². The van der Waals surface area contributed by atoms with Crippen LogP contribution in [0.25, 0.3) is 10.9 Å². The Kier molecular flexibility index (Phi) is 4.38. The van der Waals surface area contributed by atoms with Gasteiger partial charge in [-0.3, -0.25) is 0 Å². The highest BCUT2D eigenvalue weighted by Crippen LogP contribution is 2.26. The van der Waals surface area contributed by atoms with E-state index in [-0.39, 0.29) is 5.75 Å². The van der Waals surface area contributed by atoms with E-state index in [1.54, 1.807) is 12.1 Å². The van der Waals surface area contributed by atoms with Gasteiger partial charge in [-0.2, -0.15) is 13.2 Å². The van der Waals surface area contributed by atoms with Gasteiger partial charge in [-0.05, 0) is 36.2 Å². The van der Waals surface area contributed by atoms with Crippen molar-refractivity contribution in [3.8, 4) is 5.75 Å². The zero-order valence-electron chi connectivity index (χ0n) is 10.8. The number of rotatable bonds is 4. The lowest BCUT2D eigenvalue weighted by molar-refractivity contribution is -0.153. The second-order valence-corrected chi connectivity index (χ2v) is 4.80. The van der Waals surface area contributed by atoms with Crippen LogP contribution >= 0.6 is 11.6 Å². The largest absolute Gasteiger partial charge is 0.484 e. The summed E-state index contributed by atoms with van der Waals surface area (Å²) in [6, 6.07) is 6.44. The molecule has 1 aromatic carbocycles. The van der Waals surface area contributed by atoms with Gasteiger partial charge in [0, 0.05) is 5.39 Å². The molecule has 2 nitrogen and oxygen atoms in total. The first-order chi connectivity index (χ1) is 9.39. The Morgan fingerprint density at radius 2 is 2.00 bits per heavy atom. The van der Waals surface area contributed by atoms with E-state index in [2.05, 4.69) is 4.98 Å². The molecule has 0 N–H and O–H groups in total. The second kappa shape index (κ2) is 5.87. The van der Waals surface area contributed by atoms with E-state index in [4.69, 9.17) is 16.3 Å². The zero-order chi connectivity index (χ0) is 14.8. The van der Waals surface area contributed by atoms with Crippen molar-refractivity contribution < 1.29 is 17.9 Å². The first-order valence-electron chi connectivity index (χ1n) is 6.18. The number of alkyl halides is 3. The van der Waals surface area contributed by atoms with Crippen molar-refractivity contribution >= 4 is 22.5 Å². The van der Waals surface area contributed by atoms with Crippen LogP contribution in [0.5, 0.6) is 5.75 Å². The van der Waals surface area contributed by atoms with Gasteiger partial charge in [-0.1, -0.05) is 24.9 Å². The normalized spacial score (nSPS) is 11.8. The highest BCUT2D eigenvalue weighted by molar-refractivity contribution is 6.30. The molecule has 0 amide bonds. The summed E-state index contributed by atoms with van der Waals surface area (Å²) in [5, 5.41) is 1.15. The summed E-state index contributed by atoms with van der Waals surface area (Å²) in [6.07, 6.45) is -2.66. The minimum absolute atomic E-state index is 0.168.